The number of hydrogen-bond donors (Lipinski definition) is 2. The van der Waals surface area contributed by atoms with Gasteiger partial charge in [-0.3, -0.25) is 4.98 Å². The molecular formula is C19H26N4O3S. The zero-order valence-electron chi connectivity index (χ0n) is 15.8. The first-order valence-corrected chi connectivity index (χ1v) is 10.5. The van der Waals surface area contributed by atoms with Gasteiger partial charge >= 0.3 is 0 Å². The van der Waals surface area contributed by atoms with Crippen LogP contribution in [0.4, 0.5) is 5.69 Å². The number of pyridine rings is 1. The van der Waals surface area contributed by atoms with Gasteiger partial charge in [-0.15, -0.1) is 0 Å². The Morgan fingerprint density at radius 1 is 1.11 bits per heavy atom. The molecule has 1 aromatic heterocycles. The highest BCUT2D eigenvalue weighted by Crippen LogP contribution is 2.43. The smallest absolute Gasteiger partial charge is 0.162 e. The molecule has 8 heteroatoms. The highest BCUT2D eigenvalue weighted by atomic mass is 32.2. The molecule has 2 aromatic rings. The van der Waals surface area contributed by atoms with Crippen molar-refractivity contribution >= 4 is 27.4 Å². The second-order valence-corrected chi connectivity index (χ2v) is 8.56. The van der Waals surface area contributed by atoms with Gasteiger partial charge in [0.25, 0.3) is 0 Å². The van der Waals surface area contributed by atoms with Gasteiger partial charge in [-0.05, 0) is 36.8 Å². The van der Waals surface area contributed by atoms with Crippen molar-refractivity contribution < 1.29 is 13.7 Å². The summed E-state index contributed by atoms with van der Waals surface area (Å²) in [4.78, 5) is 6.91. The molecule has 0 amide bonds. The van der Waals surface area contributed by atoms with Crippen LogP contribution in [0, 0.1) is 10.2 Å². The maximum Gasteiger partial charge on any atom is 0.162 e. The molecule has 27 heavy (non-hydrogen) atoms. The molecule has 2 aliphatic heterocycles. The number of benzene rings is 1. The van der Waals surface area contributed by atoms with Crippen molar-refractivity contribution in [3.63, 3.8) is 0 Å². The summed E-state index contributed by atoms with van der Waals surface area (Å²) in [6.45, 7) is 3.49. The molecule has 2 fully saturated rings. The Balaban J connectivity index is 1.59. The van der Waals surface area contributed by atoms with E-state index in [2.05, 4.69) is 16.0 Å². The SMILES string of the molecule is COc1cc2nccc(N3CCC4(CC3)CCN([SH](=N)=O)C4)c2cc1OC. The number of piperidine rings is 1. The van der Waals surface area contributed by atoms with E-state index >= 15 is 0 Å². The molecule has 1 atom stereocenters. The quantitative estimate of drug-likeness (QED) is 0.785. The lowest BCUT2D eigenvalue weighted by molar-refractivity contribution is 0.236. The van der Waals surface area contributed by atoms with Crippen LogP contribution >= 0.6 is 0 Å². The number of thiol groups is 1. The molecule has 1 N–H and O–H groups in total. The fraction of sp³-hybridized carbons (Fsp3) is 0.526. The fourth-order valence-corrected chi connectivity index (χ4v) is 5.14. The van der Waals surface area contributed by atoms with E-state index in [1.165, 1.54) is 0 Å². The first kappa shape index (κ1) is 18.3. The van der Waals surface area contributed by atoms with E-state index in [0.717, 1.165) is 62.0 Å². The summed E-state index contributed by atoms with van der Waals surface area (Å²) in [6.07, 6.45) is 5.01. The standard InChI is InChI=1S/C19H26N4O3S/c1-25-17-11-14-15(12-18(17)26-2)21-7-3-16(14)22-8-4-19(5-9-22)6-10-23(13-19)27(20)24/h3,7,11-12,20,27H,4-6,8-10,13H2,1-2H3. The van der Waals surface area contributed by atoms with Crippen LogP contribution in [0.3, 0.4) is 0 Å². The van der Waals surface area contributed by atoms with E-state index in [4.69, 9.17) is 14.3 Å². The number of anilines is 1. The van der Waals surface area contributed by atoms with Gasteiger partial charge in [0.15, 0.2) is 11.5 Å². The van der Waals surface area contributed by atoms with Gasteiger partial charge in [0.05, 0.1) is 30.5 Å². The predicted molar refractivity (Wildman–Crippen MR) is 107 cm³/mol. The number of ether oxygens (including phenoxy) is 2. The molecule has 146 valence electrons. The summed E-state index contributed by atoms with van der Waals surface area (Å²) in [5.74, 6) is 1.39. The topological polar surface area (TPSA) is 78.8 Å². The van der Waals surface area contributed by atoms with E-state index in [9.17, 15) is 4.21 Å². The Morgan fingerprint density at radius 2 is 1.78 bits per heavy atom. The zero-order valence-corrected chi connectivity index (χ0v) is 16.7. The number of rotatable bonds is 4. The second-order valence-electron chi connectivity index (χ2n) is 7.45. The Labute approximate surface area is 161 Å². The molecule has 4 rings (SSSR count). The molecule has 2 saturated heterocycles. The van der Waals surface area contributed by atoms with Crippen LogP contribution in [0.1, 0.15) is 19.3 Å². The molecule has 0 saturated carbocycles. The van der Waals surface area contributed by atoms with Crippen LogP contribution in [-0.2, 0) is 10.8 Å². The summed E-state index contributed by atoms with van der Waals surface area (Å²) < 4.78 is 31.7. The van der Waals surface area contributed by atoms with E-state index in [1.54, 1.807) is 14.2 Å². The lowest BCUT2D eigenvalue weighted by atomic mass is 9.77. The van der Waals surface area contributed by atoms with E-state index in [-0.39, 0.29) is 5.41 Å². The summed E-state index contributed by atoms with van der Waals surface area (Å²) in [5.41, 5.74) is 2.27. The van der Waals surface area contributed by atoms with E-state index < -0.39 is 10.8 Å². The lowest BCUT2D eigenvalue weighted by Gasteiger charge is -2.40. The summed E-state index contributed by atoms with van der Waals surface area (Å²) in [5, 5.41) is 1.06. The third-order valence-electron chi connectivity index (χ3n) is 6.06. The molecule has 1 spiro atoms. The number of nitrogens with zero attached hydrogens (tertiary/aromatic N) is 3. The minimum absolute atomic E-state index is 0.215. The second kappa shape index (κ2) is 7.16. The average molecular weight is 391 g/mol. The fourth-order valence-electron chi connectivity index (χ4n) is 4.43. The number of aromatic nitrogens is 1. The minimum Gasteiger partial charge on any atom is -0.493 e. The molecule has 1 unspecified atom stereocenters. The van der Waals surface area contributed by atoms with Crippen molar-refractivity contribution in [2.45, 2.75) is 19.3 Å². The molecule has 3 heterocycles. The van der Waals surface area contributed by atoms with Gasteiger partial charge in [0, 0.05) is 49.5 Å². The maximum absolute atomic E-state index is 11.5. The predicted octanol–water partition coefficient (Wildman–Crippen LogP) is 2.70. The summed E-state index contributed by atoms with van der Waals surface area (Å²) in [6, 6.07) is 5.99. The van der Waals surface area contributed by atoms with Crippen LogP contribution in [0.2, 0.25) is 0 Å². The number of methoxy groups -OCH3 is 2. The van der Waals surface area contributed by atoms with Gasteiger partial charge in [0.2, 0.25) is 0 Å². The van der Waals surface area contributed by atoms with Crippen LogP contribution in [0.15, 0.2) is 24.4 Å². The molecule has 7 nitrogen and oxygen atoms in total. The third-order valence-corrected chi connectivity index (χ3v) is 6.92. The Morgan fingerprint density at radius 3 is 2.41 bits per heavy atom. The largest absolute Gasteiger partial charge is 0.493 e. The average Bonchev–Trinajstić information content (AvgIpc) is 3.11. The van der Waals surface area contributed by atoms with Gasteiger partial charge < -0.3 is 14.4 Å². The van der Waals surface area contributed by atoms with Crippen molar-refractivity contribution in [3.05, 3.63) is 24.4 Å². The maximum atomic E-state index is 11.5. The van der Waals surface area contributed by atoms with Gasteiger partial charge in [-0.2, -0.15) is 0 Å². The third kappa shape index (κ3) is 3.32. The molecule has 0 bridgehead atoms. The first-order chi connectivity index (χ1) is 13.0. The zero-order chi connectivity index (χ0) is 19.0. The van der Waals surface area contributed by atoms with Crippen molar-refractivity contribution in [2.24, 2.45) is 5.41 Å². The molecular weight excluding hydrogens is 364 g/mol. The van der Waals surface area contributed by atoms with E-state index in [0.29, 0.717) is 11.5 Å². The molecule has 0 aliphatic carbocycles. The number of fused-ring (bicyclic) bond motifs is 1. The van der Waals surface area contributed by atoms with Crippen LogP contribution in [0.25, 0.3) is 10.9 Å². The molecule has 2 aliphatic rings. The van der Waals surface area contributed by atoms with Crippen molar-refractivity contribution in [1.82, 2.24) is 9.29 Å². The van der Waals surface area contributed by atoms with Crippen molar-refractivity contribution in [2.75, 3.05) is 45.3 Å². The van der Waals surface area contributed by atoms with Gasteiger partial charge in [-0.25, -0.2) is 13.3 Å². The van der Waals surface area contributed by atoms with Gasteiger partial charge in [-0.1, -0.05) is 0 Å². The Hall–Kier alpha value is -2.06. The Kier molecular flexibility index (Phi) is 4.86. The highest BCUT2D eigenvalue weighted by Gasteiger charge is 2.41. The Bertz CT molecular complexity index is 915. The molecule has 0 radical (unpaired) electrons. The van der Waals surface area contributed by atoms with Gasteiger partial charge in [0.1, 0.15) is 0 Å². The van der Waals surface area contributed by atoms with Crippen molar-refractivity contribution in [1.29, 1.82) is 4.78 Å². The molecule has 1 aromatic carbocycles. The number of hydrogen-bond acceptors (Lipinski definition) is 6. The normalized spacial score (nSPS) is 20.9. The summed E-state index contributed by atoms with van der Waals surface area (Å²) >= 11 is 0. The summed E-state index contributed by atoms with van der Waals surface area (Å²) in [7, 11) is 1.32. The van der Waals surface area contributed by atoms with Crippen LogP contribution in [-0.4, -0.2) is 53.9 Å². The minimum atomic E-state index is -1.96. The number of nitrogens with one attached hydrogen (secondary N) is 1. The highest BCUT2D eigenvalue weighted by molar-refractivity contribution is 7.71. The van der Waals surface area contributed by atoms with Crippen LogP contribution < -0.4 is 14.4 Å². The van der Waals surface area contributed by atoms with E-state index in [1.807, 2.05) is 22.6 Å². The monoisotopic (exact) mass is 390 g/mol. The van der Waals surface area contributed by atoms with Crippen LogP contribution in [0.5, 0.6) is 11.5 Å². The van der Waals surface area contributed by atoms with Crippen molar-refractivity contribution in [3.8, 4) is 11.5 Å². The first-order valence-electron chi connectivity index (χ1n) is 9.24. The lowest BCUT2D eigenvalue weighted by Crippen LogP contribution is -2.41.